The number of nitrogens with zero attached hydrogens (tertiary/aromatic N) is 1. The Balaban J connectivity index is 2.57. The van der Waals surface area contributed by atoms with E-state index >= 15 is 0 Å². The zero-order valence-corrected chi connectivity index (χ0v) is 12.1. The number of benzene rings is 2. The summed E-state index contributed by atoms with van der Waals surface area (Å²) in [5.74, 6) is 0. The molecule has 0 aliphatic heterocycles. The van der Waals surface area contributed by atoms with Crippen molar-refractivity contribution >= 4 is 27.6 Å². The largest absolute Gasteiger partial charge is 0.307 e. The Morgan fingerprint density at radius 2 is 1.52 bits per heavy atom. The minimum absolute atomic E-state index is 0.214. The van der Waals surface area contributed by atoms with Gasteiger partial charge in [-0.25, -0.2) is 0 Å². The van der Waals surface area contributed by atoms with Gasteiger partial charge in [0, 0.05) is 18.0 Å². The Labute approximate surface area is 126 Å². The van der Waals surface area contributed by atoms with E-state index in [1.807, 2.05) is 42.5 Å². The molecule has 3 rings (SSSR count). The predicted octanol–water partition coefficient (Wildman–Crippen LogP) is 3.58. The average molecular weight is 298 g/mol. The second kappa shape index (κ2) is 5.19. The van der Waals surface area contributed by atoms with E-state index in [1.54, 1.807) is 19.2 Å². The molecule has 0 saturated carbocycles. The van der Waals surface area contributed by atoms with E-state index in [0.717, 1.165) is 10.9 Å². The number of hydrogen-bond donors (Lipinski definition) is 0. The second-order valence-corrected chi connectivity index (χ2v) is 5.12. The lowest BCUT2D eigenvalue weighted by atomic mass is 9.97. The van der Waals surface area contributed by atoms with Crippen molar-refractivity contribution in [2.24, 2.45) is 7.05 Å². The normalized spacial score (nSPS) is 10.8. The molecule has 21 heavy (non-hydrogen) atoms. The van der Waals surface area contributed by atoms with Crippen LogP contribution < -0.4 is 5.56 Å². The molecule has 2 aromatic carbocycles. The van der Waals surface area contributed by atoms with E-state index in [-0.39, 0.29) is 11.3 Å². The summed E-state index contributed by atoms with van der Waals surface area (Å²) in [6.07, 6.45) is 0. The minimum Gasteiger partial charge on any atom is -0.307 e. The van der Waals surface area contributed by atoms with Gasteiger partial charge in [-0.3, -0.25) is 9.59 Å². The predicted molar refractivity (Wildman–Crippen MR) is 84.8 cm³/mol. The monoisotopic (exact) mass is 297 g/mol. The van der Waals surface area contributed by atoms with Gasteiger partial charge in [0.05, 0.1) is 0 Å². The van der Waals surface area contributed by atoms with E-state index in [1.165, 1.54) is 4.57 Å². The molecule has 1 heterocycles. The van der Waals surface area contributed by atoms with Crippen LogP contribution in [-0.2, 0) is 7.05 Å². The van der Waals surface area contributed by atoms with Gasteiger partial charge in [0.15, 0.2) is 0 Å². The molecule has 0 radical (unpaired) electrons. The number of halogens is 1. The highest BCUT2D eigenvalue weighted by Crippen LogP contribution is 2.31. The van der Waals surface area contributed by atoms with Gasteiger partial charge >= 0.3 is 0 Å². The topological polar surface area (TPSA) is 39.1 Å². The van der Waals surface area contributed by atoms with Crippen LogP contribution in [0.3, 0.4) is 0 Å². The lowest BCUT2D eigenvalue weighted by molar-refractivity contribution is 0.107. The summed E-state index contributed by atoms with van der Waals surface area (Å²) in [6.45, 7) is 0. The van der Waals surface area contributed by atoms with E-state index in [9.17, 15) is 9.59 Å². The molecular weight excluding hydrogens is 286 g/mol. The Bertz CT molecular complexity index is 898. The third-order valence-electron chi connectivity index (χ3n) is 3.55. The van der Waals surface area contributed by atoms with E-state index in [4.69, 9.17) is 11.6 Å². The van der Waals surface area contributed by atoms with Crippen LogP contribution in [0.1, 0.15) is 10.5 Å². The first-order valence-electron chi connectivity index (χ1n) is 6.48. The van der Waals surface area contributed by atoms with E-state index in [0.29, 0.717) is 10.9 Å². The first-order chi connectivity index (χ1) is 10.1. The number of pyridine rings is 1. The maximum absolute atomic E-state index is 12.4. The lowest BCUT2D eigenvalue weighted by Crippen LogP contribution is -2.23. The number of carbonyl (C=O) groups excluding carboxylic acids is 1. The van der Waals surface area contributed by atoms with Crippen LogP contribution in [0.2, 0.25) is 0 Å². The molecule has 0 spiro atoms. The molecule has 0 bridgehead atoms. The molecule has 0 fully saturated rings. The molecule has 0 atom stereocenters. The van der Waals surface area contributed by atoms with Gasteiger partial charge in [0.1, 0.15) is 5.69 Å². The molecule has 104 valence electrons. The molecular formula is C17H12ClNO2. The quantitative estimate of drug-likeness (QED) is 0.678. The van der Waals surface area contributed by atoms with Gasteiger partial charge in [0.25, 0.3) is 10.8 Å². The van der Waals surface area contributed by atoms with Gasteiger partial charge in [0.2, 0.25) is 0 Å². The SMILES string of the molecule is Cn1c(C(=O)Cl)c(-c2ccccc2)c2ccccc2c1=O. The molecule has 0 N–H and O–H groups in total. The Kier molecular flexibility index (Phi) is 3.35. The first kappa shape index (κ1) is 13.6. The van der Waals surface area contributed by atoms with Crippen molar-refractivity contribution in [1.29, 1.82) is 0 Å². The Morgan fingerprint density at radius 1 is 0.952 bits per heavy atom. The van der Waals surface area contributed by atoms with Crippen molar-refractivity contribution in [3.8, 4) is 11.1 Å². The standard InChI is InChI=1S/C17H12ClNO2/c1-19-15(16(18)20)14(11-7-3-2-4-8-11)12-9-5-6-10-13(12)17(19)21/h2-10H,1H3. The fraction of sp³-hybridized carbons (Fsp3) is 0.0588. The number of fused-ring (bicyclic) bond motifs is 1. The van der Waals surface area contributed by atoms with Crippen LogP contribution in [-0.4, -0.2) is 9.81 Å². The van der Waals surface area contributed by atoms with E-state index in [2.05, 4.69) is 0 Å². The Hall–Kier alpha value is -2.39. The van der Waals surface area contributed by atoms with Crippen molar-refractivity contribution in [3.63, 3.8) is 0 Å². The number of carbonyl (C=O) groups is 1. The van der Waals surface area contributed by atoms with Gasteiger partial charge in [-0.2, -0.15) is 0 Å². The molecule has 0 unspecified atom stereocenters. The van der Waals surface area contributed by atoms with Crippen molar-refractivity contribution in [1.82, 2.24) is 4.57 Å². The van der Waals surface area contributed by atoms with Crippen LogP contribution in [0.5, 0.6) is 0 Å². The molecule has 0 amide bonds. The summed E-state index contributed by atoms with van der Waals surface area (Å²) >= 11 is 5.74. The Morgan fingerprint density at radius 3 is 2.14 bits per heavy atom. The molecule has 3 nitrogen and oxygen atoms in total. The molecule has 1 aromatic heterocycles. The number of hydrogen-bond acceptors (Lipinski definition) is 2. The summed E-state index contributed by atoms with van der Waals surface area (Å²) in [4.78, 5) is 24.3. The second-order valence-electron chi connectivity index (χ2n) is 4.77. The van der Waals surface area contributed by atoms with Gasteiger partial charge in [-0.05, 0) is 28.6 Å². The smallest absolute Gasteiger partial charge is 0.269 e. The summed E-state index contributed by atoms with van der Waals surface area (Å²) in [6, 6.07) is 16.7. The van der Waals surface area contributed by atoms with Crippen LogP contribution >= 0.6 is 11.6 Å². The zero-order chi connectivity index (χ0) is 15.0. The van der Waals surface area contributed by atoms with Crippen molar-refractivity contribution in [2.45, 2.75) is 0 Å². The van der Waals surface area contributed by atoms with Gasteiger partial charge in [-0.1, -0.05) is 48.5 Å². The van der Waals surface area contributed by atoms with Gasteiger partial charge < -0.3 is 4.57 Å². The van der Waals surface area contributed by atoms with Crippen LogP contribution in [0, 0.1) is 0 Å². The van der Waals surface area contributed by atoms with Crippen LogP contribution in [0.25, 0.3) is 21.9 Å². The average Bonchev–Trinajstić information content (AvgIpc) is 2.51. The van der Waals surface area contributed by atoms with Crippen molar-refractivity contribution < 1.29 is 4.79 Å². The fourth-order valence-corrected chi connectivity index (χ4v) is 2.81. The summed E-state index contributed by atoms with van der Waals surface area (Å²) < 4.78 is 1.32. The summed E-state index contributed by atoms with van der Waals surface area (Å²) in [5.41, 5.74) is 1.53. The van der Waals surface area contributed by atoms with E-state index < -0.39 is 5.24 Å². The number of rotatable bonds is 2. The minimum atomic E-state index is -0.640. The molecule has 0 aliphatic carbocycles. The van der Waals surface area contributed by atoms with Crippen molar-refractivity contribution in [3.05, 3.63) is 70.6 Å². The van der Waals surface area contributed by atoms with Gasteiger partial charge in [-0.15, -0.1) is 0 Å². The molecule has 0 saturated heterocycles. The highest BCUT2D eigenvalue weighted by atomic mass is 35.5. The van der Waals surface area contributed by atoms with Crippen molar-refractivity contribution in [2.75, 3.05) is 0 Å². The zero-order valence-electron chi connectivity index (χ0n) is 11.3. The third kappa shape index (κ3) is 2.16. The fourth-order valence-electron chi connectivity index (χ4n) is 2.59. The molecule has 4 heteroatoms. The lowest BCUT2D eigenvalue weighted by Gasteiger charge is -2.14. The summed E-state index contributed by atoms with van der Waals surface area (Å²) in [5, 5.41) is 0.663. The maximum Gasteiger partial charge on any atom is 0.269 e. The third-order valence-corrected chi connectivity index (χ3v) is 3.73. The van der Waals surface area contributed by atoms with Crippen LogP contribution in [0.15, 0.2) is 59.4 Å². The maximum atomic E-state index is 12.4. The molecule has 0 aliphatic rings. The highest BCUT2D eigenvalue weighted by Gasteiger charge is 2.19. The molecule has 3 aromatic rings. The number of aromatic nitrogens is 1. The highest BCUT2D eigenvalue weighted by molar-refractivity contribution is 6.68. The summed E-state index contributed by atoms with van der Waals surface area (Å²) in [7, 11) is 1.57. The first-order valence-corrected chi connectivity index (χ1v) is 6.86. The van der Waals surface area contributed by atoms with Crippen LogP contribution in [0.4, 0.5) is 0 Å².